The van der Waals surface area contributed by atoms with Crippen molar-refractivity contribution in [1.82, 2.24) is 0 Å². The van der Waals surface area contributed by atoms with Gasteiger partial charge in [-0.05, 0) is 54.5 Å². The Morgan fingerprint density at radius 3 is 2.29 bits per heavy atom. The van der Waals surface area contributed by atoms with Crippen LogP contribution in [0.4, 0.5) is 5.69 Å². The topological polar surface area (TPSA) is 57.6 Å². The fraction of sp³-hybridized carbons (Fsp3) is 0.533. The molecule has 0 atom stereocenters. The maximum atomic E-state index is 13.3. The molecule has 34 heavy (non-hydrogen) atoms. The van der Waals surface area contributed by atoms with Crippen molar-refractivity contribution in [1.29, 1.82) is 0 Å². The number of hydrogen-bond donors (Lipinski definition) is 1. The van der Waals surface area contributed by atoms with Crippen LogP contribution < -0.4 is 4.90 Å². The number of carboxylic acids is 1. The lowest BCUT2D eigenvalue weighted by Gasteiger charge is -2.24. The summed E-state index contributed by atoms with van der Waals surface area (Å²) in [5.41, 5.74) is 3.28. The first-order valence-electron chi connectivity index (χ1n) is 13.3. The lowest BCUT2D eigenvalue weighted by molar-refractivity contribution is -0.119. The molecule has 0 unspecified atom stereocenters. The van der Waals surface area contributed by atoms with Gasteiger partial charge >= 0.3 is 5.97 Å². The van der Waals surface area contributed by atoms with Gasteiger partial charge in [0, 0.05) is 12.1 Å². The molecule has 4 heteroatoms. The highest BCUT2D eigenvalue weighted by atomic mass is 16.4. The Kier molecular flexibility index (Phi) is 10.7. The summed E-state index contributed by atoms with van der Waals surface area (Å²) < 4.78 is 0. The molecule has 1 fully saturated rings. The Hall–Kier alpha value is -2.62. The van der Waals surface area contributed by atoms with Crippen LogP contribution in [0.5, 0.6) is 0 Å². The zero-order valence-corrected chi connectivity index (χ0v) is 20.8. The second-order valence-electron chi connectivity index (χ2n) is 9.86. The Labute approximate surface area is 205 Å². The number of aromatic carboxylic acids is 1. The van der Waals surface area contributed by atoms with Gasteiger partial charge < -0.3 is 10.0 Å². The van der Waals surface area contributed by atoms with Crippen LogP contribution in [0.25, 0.3) is 0 Å². The number of nitrogens with zero attached hydrogens (tertiary/aromatic N) is 1. The molecule has 1 aliphatic carbocycles. The van der Waals surface area contributed by atoms with Gasteiger partial charge in [-0.3, -0.25) is 4.79 Å². The van der Waals surface area contributed by atoms with E-state index in [1.165, 1.54) is 69.8 Å². The van der Waals surface area contributed by atoms with Crippen molar-refractivity contribution in [2.24, 2.45) is 5.92 Å². The third-order valence-electron chi connectivity index (χ3n) is 7.13. The van der Waals surface area contributed by atoms with Gasteiger partial charge in [0.2, 0.25) is 5.91 Å². The van der Waals surface area contributed by atoms with Crippen LogP contribution in [0.3, 0.4) is 0 Å². The number of hydrogen-bond acceptors (Lipinski definition) is 2. The average Bonchev–Trinajstić information content (AvgIpc) is 3.38. The lowest BCUT2D eigenvalue weighted by Crippen LogP contribution is -2.30. The molecular weight excluding hydrogens is 422 g/mol. The van der Waals surface area contributed by atoms with Gasteiger partial charge in [0.15, 0.2) is 0 Å². The average molecular weight is 464 g/mol. The summed E-state index contributed by atoms with van der Waals surface area (Å²) in [6.45, 7) is 2.71. The molecule has 1 aliphatic rings. The summed E-state index contributed by atoms with van der Waals surface area (Å²) in [4.78, 5) is 26.5. The number of anilines is 1. The molecule has 0 bridgehead atoms. The summed E-state index contributed by atoms with van der Waals surface area (Å²) in [6.07, 6.45) is 15.3. The molecule has 0 radical (unpaired) electrons. The van der Waals surface area contributed by atoms with E-state index >= 15 is 0 Å². The van der Waals surface area contributed by atoms with Crippen molar-refractivity contribution in [3.05, 3.63) is 65.2 Å². The highest BCUT2D eigenvalue weighted by Crippen LogP contribution is 2.29. The zero-order chi connectivity index (χ0) is 24.2. The molecule has 0 aliphatic heterocycles. The Morgan fingerprint density at radius 1 is 0.912 bits per heavy atom. The van der Waals surface area contributed by atoms with E-state index in [-0.39, 0.29) is 11.5 Å². The smallest absolute Gasteiger partial charge is 0.335 e. The molecule has 0 saturated heterocycles. The van der Waals surface area contributed by atoms with Crippen molar-refractivity contribution in [3.8, 4) is 0 Å². The van der Waals surface area contributed by atoms with E-state index in [1.807, 2.05) is 6.07 Å². The third-order valence-corrected chi connectivity index (χ3v) is 7.13. The summed E-state index contributed by atoms with van der Waals surface area (Å²) in [5, 5.41) is 9.42. The van der Waals surface area contributed by atoms with Gasteiger partial charge in [-0.1, -0.05) is 95.0 Å². The van der Waals surface area contributed by atoms with E-state index < -0.39 is 5.97 Å². The van der Waals surface area contributed by atoms with Gasteiger partial charge in [0.1, 0.15) is 0 Å². The second-order valence-corrected chi connectivity index (χ2v) is 9.86. The van der Waals surface area contributed by atoms with Crippen LogP contribution in [0.15, 0.2) is 48.5 Å². The first-order chi connectivity index (χ1) is 16.6. The molecule has 3 rings (SSSR count). The highest BCUT2D eigenvalue weighted by molar-refractivity contribution is 5.95. The normalized spacial score (nSPS) is 13.8. The minimum absolute atomic E-state index is 0.0746. The van der Waals surface area contributed by atoms with Crippen LogP contribution in [0.2, 0.25) is 0 Å². The van der Waals surface area contributed by atoms with Crippen LogP contribution >= 0.6 is 0 Å². The SMILES string of the molecule is CCCCCCCCc1ccc(CN(C(=O)CCC2CCCC2)c2cccc(C(=O)O)c2)cc1. The van der Waals surface area contributed by atoms with Crippen LogP contribution in [-0.4, -0.2) is 17.0 Å². The first kappa shape index (κ1) is 26.0. The highest BCUT2D eigenvalue weighted by Gasteiger charge is 2.21. The summed E-state index contributed by atoms with van der Waals surface area (Å²) in [7, 11) is 0. The molecule has 2 aromatic rings. The second kappa shape index (κ2) is 13.9. The quantitative estimate of drug-likeness (QED) is 0.291. The van der Waals surface area contributed by atoms with Crippen molar-refractivity contribution in [3.63, 3.8) is 0 Å². The summed E-state index contributed by atoms with van der Waals surface area (Å²) >= 11 is 0. The predicted molar refractivity (Wildman–Crippen MR) is 139 cm³/mol. The molecule has 184 valence electrons. The standard InChI is InChI=1S/C30H41NO3/c1-2-3-4-5-6-7-11-25-16-18-26(19-17-25)23-31(28-15-10-14-27(22-28)30(33)34)29(32)21-20-24-12-8-9-13-24/h10,14-19,22,24H,2-9,11-13,20-21,23H2,1H3,(H,33,34). The maximum Gasteiger partial charge on any atom is 0.335 e. The molecule has 1 saturated carbocycles. The Morgan fingerprint density at radius 2 is 1.59 bits per heavy atom. The van der Waals surface area contributed by atoms with E-state index in [9.17, 15) is 14.7 Å². The minimum Gasteiger partial charge on any atom is -0.478 e. The summed E-state index contributed by atoms with van der Waals surface area (Å²) in [5.74, 6) is -0.248. The van der Waals surface area contributed by atoms with Gasteiger partial charge in [0.25, 0.3) is 0 Å². The molecule has 2 aromatic carbocycles. The largest absolute Gasteiger partial charge is 0.478 e. The van der Waals surface area contributed by atoms with E-state index in [4.69, 9.17) is 0 Å². The molecule has 0 heterocycles. The number of benzene rings is 2. The van der Waals surface area contributed by atoms with Crippen LogP contribution in [0.1, 0.15) is 105 Å². The van der Waals surface area contributed by atoms with E-state index in [0.29, 0.717) is 24.6 Å². The zero-order valence-electron chi connectivity index (χ0n) is 20.8. The molecule has 1 amide bonds. The third kappa shape index (κ3) is 8.30. The van der Waals surface area contributed by atoms with Gasteiger partial charge in [-0.15, -0.1) is 0 Å². The number of carboxylic acid groups (broad SMARTS) is 1. The summed E-state index contributed by atoms with van der Waals surface area (Å²) in [6, 6.07) is 15.3. The van der Waals surface area contributed by atoms with Crippen molar-refractivity contribution >= 4 is 17.6 Å². The first-order valence-corrected chi connectivity index (χ1v) is 13.3. The van der Waals surface area contributed by atoms with Crippen LogP contribution in [0, 0.1) is 5.92 Å². The van der Waals surface area contributed by atoms with E-state index in [1.54, 1.807) is 23.1 Å². The number of aryl methyl sites for hydroxylation is 1. The molecule has 0 spiro atoms. The molecule has 0 aromatic heterocycles. The monoisotopic (exact) mass is 463 g/mol. The fourth-order valence-corrected chi connectivity index (χ4v) is 5.00. The van der Waals surface area contributed by atoms with Crippen molar-refractivity contribution in [2.45, 2.75) is 96.9 Å². The van der Waals surface area contributed by atoms with Crippen molar-refractivity contribution in [2.75, 3.05) is 4.90 Å². The molecular formula is C30H41NO3. The Bertz CT molecular complexity index is 900. The molecule has 1 N–H and O–H groups in total. The Balaban J connectivity index is 1.64. The number of carbonyl (C=O) groups is 2. The maximum absolute atomic E-state index is 13.3. The minimum atomic E-state index is -0.973. The number of carbonyl (C=O) groups excluding carboxylic acids is 1. The van der Waals surface area contributed by atoms with Gasteiger partial charge in [-0.25, -0.2) is 4.79 Å². The van der Waals surface area contributed by atoms with Gasteiger partial charge in [-0.2, -0.15) is 0 Å². The number of unbranched alkanes of at least 4 members (excludes halogenated alkanes) is 5. The number of amides is 1. The van der Waals surface area contributed by atoms with Crippen molar-refractivity contribution < 1.29 is 14.7 Å². The van der Waals surface area contributed by atoms with Crippen LogP contribution in [-0.2, 0) is 17.8 Å². The predicted octanol–water partition coefficient (Wildman–Crippen LogP) is 7.79. The lowest BCUT2D eigenvalue weighted by atomic mass is 10.0. The fourth-order valence-electron chi connectivity index (χ4n) is 5.00. The van der Waals surface area contributed by atoms with E-state index in [0.717, 1.165) is 18.4 Å². The van der Waals surface area contributed by atoms with Gasteiger partial charge in [0.05, 0.1) is 12.1 Å². The van der Waals surface area contributed by atoms with E-state index in [2.05, 4.69) is 31.2 Å². The number of rotatable bonds is 14. The molecule has 4 nitrogen and oxygen atoms in total.